The maximum atomic E-state index is 12.1. The van der Waals surface area contributed by atoms with E-state index >= 15 is 0 Å². The Morgan fingerprint density at radius 1 is 1.26 bits per heavy atom. The number of carbonyl (C=O) groups is 1. The van der Waals surface area contributed by atoms with E-state index in [0.717, 1.165) is 18.4 Å². The molecule has 0 saturated carbocycles. The highest BCUT2D eigenvalue weighted by molar-refractivity contribution is 7.14. The van der Waals surface area contributed by atoms with Gasteiger partial charge in [0.1, 0.15) is 23.4 Å². The lowest BCUT2D eigenvalue weighted by Crippen LogP contribution is -2.03. The van der Waals surface area contributed by atoms with Crippen molar-refractivity contribution in [2.45, 2.75) is 25.9 Å². The second-order valence-corrected chi connectivity index (χ2v) is 6.64. The molecule has 116 valence electrons. The Morgan fingerprint density at radius 3 is 2.96 bits per heavy atom. The van der Waals surface area contributed by atoms with Crippen molar-refractivity contribution in [3.63, 3.8) is 0 Å². The number of carbonyl (C=O) groups excluding carboxylic acids is 1. The zero-order valence-electron chi connectivity index (χ0n) is 12.5. The molecule has 0 aliphatic heterocycles. The van der Waals surface area contributed by atoms with E-state index in [1.807, 2.05) is 36.4 Å². The van der Waals surface area contributed by atoms with Gasteiger partial charge in [-0.15, -0.1) is 11.3 Å². The zero-order valence-corrected chi connectivity index (χ0v) is 13.3. The summed E-state index contributed by atoms with van der Waals surface area (Å²) >= 11 is 1.55. The van der Waals surface area contributed by atoms with Crippen LogP contribution in [0.5, 0.6) is 0 Å². The van der Waals surface area contributed by atoms with Gasteiger partial charge in [0.15, 0.2) is 0 Å². The molecule has 23 heavy (non-hydrogen) atoms. The van der Waals surface area contributed by atoms with Gasteiger partial charge < -0.3 is 9.15 Å². The van der Waals surface area contributed by atoms with Crippen molar-refractivity contribution in [1.29, 1.82) is 0 Å². The van der Waals surface area contributed by atoms with E-state index in [-0.39, 0.29) is 12.6 Å². The first-order valence-corrected chi connectivity index (χ1v) is 8.40. The molecule has 2 aromatic heterocycles. The Bertz CT molecular complexity index is 814. The van der Waals surface area contributed by atoms with Gasteiger partial charge in [-0.1, -0.05) is 18.2 Å². The third-order valence-electron chi connectivity index (χ3n) is 3.87. The second-order valence-electron chi connectivity index (χ2n) is 5.50. The number of thiophene rings is 1. The number of hydrogen-bond donors (Lipinski definition) is 0. The molecule has 0 bridgehead atoms. The van der Waals surface area contributed by atoms with Gasteiger partial charge in [-0.2, -0.15) is 0 Å². The molecule has 0 N–H and O–H groups in total. The number of ether oxygens (including phenoxy) is 1. The topological polar surface area (TPSA) is 52.3 Å². The number of rotatable bonds is 4. The maximum absolute atomic E-state index is 12.1. The third kappa shape index (κ3) is 2.92. The third-order valence-corrected chi connectivity index (χ3v) is 5.09. The van der Waals surface area contributed by atoms with Crippen LogP contribution in [0, 0.1) is 0 Å². The molecule has 0 atom stereocenters. The number of fused-ring (bicyclic) bond motifs is 1. The number of aryl methyl sites for hydroxylation is 2. The Kier molecular flexibility index (Phi) is 3.71. The molecule has 4 nitrogen and oxygen atoms in total. The standard InChI is InChI=1S/C18H15NO3S/c20-18(16-9-13-7-4-8-15(13)23-16)22-11-14-10-21-17(19-14)12-5-2-1-3-6-12/h1-3,5-6,9-10H,4,7-8,11H2. The van der Waals surface area contributed by atoms with Crippen LogP contribution in [0.4, 0.5) is 0 Å². The minimum Gasteiger partial charge on any atom is -0.455 e. The number of nitrogens with zero attached hydrogens (tertiary/aromatic N) is 1. The Labute approximate surface area is 137 Å². The van der Waals surface area contributed by atoms with Gasteiger partial charge in [0.05, 0.1) is 0 Å². The molecule has 4 rings (SSSR count). The van der Waals surface area contributed by atoms with Gasteiger partial charge in [-0.05, 0) is 43.0 Å². The highest BCUT2D eigenvalue weighted by Crippen LogP contribution is 2.31. The van der Waals surface area contributed by atoms with E-state index in [9.17, 15) is 4.79 Å². The monoisotopic (exact) mass is 325 g/mol. The van der Waals surface area contributed by atoms with E-state index in [1.165, 1.54) is 23.1 Å². The van der Waals surface area contributed by atoms with E-state index in [1.54, 1.807) is 11.3 Å². The Balaban J connectivity index is 1.41. The van der Waals surface area contributed by atoms with Crippen molar-refractivity contribution in [3.8, 4) is 11.5 Å². The molecular weight excluding hydrogens is 310 g/mol. The molecule has 0 spiro atoms. The number of hydrogen-bond acceptors (Lipinski definition) is 5. The average molecular weight is 325 g/mol. The highest BCUT2D eigenvalue weighted by Gasteiger charge is 2.19. The van der Waals surface area contributed by atoms with Gasteiger partial charge in [-0.3, -0.25) is 0 Å². The van der Waals surface area contributed by atoms with Gasteiger partial charge in [-0.25, -0.2) is 9.78 Å². The van der Waals surface area contributed by atoms with Crippen LogP contribution in [0.3, 0.4) is 0 Å². The SMILES string of the molecule is O=C(OCc1coc(-c2ccccc2)n1)c1cc2c(s1)CCC2. The molecule has 3 aromatic rings. The van der Waals surface area contributed by atoms with Crippen LogP contribution < -0.4 is 0 Å². The summed E-state index contributed by atoms with van der Waals surface area (Å²) in [6.45, 7) is 0.123. The summed E-state index contributed by atoms with van der Waals surface area (Å²) in [5.41, 5.74) is 2.82. The summed E-state index contributed by atoms with van der Waals surface area (Å²) in [5, 5.41) is 0. The van der Waals surface area contributed by atoms with Crippen LogP contribution in [0.25, 0.3) is 11.5 Å². The molecule has 5 heteroatoms. The van der Waals surface area contributed by atoms with Gasteiger partial charge in [0.25, 0.3) is 0 Å². The minimum absolute atomic E-state index is 0.123. The van der Waals surface area contributed by atoms with Gasteiger partial charge >= 0.3 is 5.97 Å². The van der Waals surface area contributed by atoms with Crippen molar-refractivity contribution in [2.24, 2.45) is 0 Å². The molecular formula is C18H15NO3S. The Morgan fingerprint density at radius 2 is 2.13 bits per heavy atom. The van der Waals surface area contributed by atoms with E-state index in [0.29, 0.717) is 16.5 Å². The van der Waals surface area contributed by atoms with E-state index in [2.05, 4.69) is 4.98 Å². The van der Waals surface area contributed by atoms with E-state index < -0.39 is 0 Å². The smallest absolute Gasteiger partial charge is 0.348 e. The molecule has 0 fully saturated rings. The average Bonchev–Trinajstić information content (AvgIpc) is 3.29. The quantitative estimate of drug-likeness (QED) is 0.673. The van der Waals surface area contributed by atoms with Crippen molar-refractivity contribution in [2.75, 3.05) is 0 Å². The molecule has 1 aliphatic rings. The summed E-state index contributed by atoms with van der Waals surface area (Å²) in [5.74, 6) is 0.250. The fourth-order valence-corrected chi connectivity index (χ4v) is 3.87. The number of benzene rings is 1. The number of aromatic nitrogens is 1. The minimum atomic E-state index is -0.284. The van der Waals surface area contributed by atoms with Crippen LogP contribution in [0.2, 0.25) is 0 Å². The van der Waals surface area contributed by atoms with Crippen molar-refractivity contribution >= 4 is 17.3 Å². The maximum Gasteiger partial charge on any atom is 0.348 e. The molecule has 2 heterocycles. The lowest BCUT2D eigenvalue weighted by atomic mass is 10.2. The highest BCUT2D eigenvalue weighted by atomic mass is 32.1. The number of oxazole rings is 1. The predicted octanol–water partition coefficient (Wildman–Crippen LogP) is 4.25. The van der Waals surface area contributed by atoms with Crippen molar-refractivity contribution < 1.29 is 13.9 Å². The molecule has 1 aliphatic carbocycles. The van der Waals surface area contributed by atoms with Gasteiger partial charge in [0, 0.05) is 10.4 Å². The van der Waals surface area contributed by atoms with Crippen molar-refractivity contribution in [1.82, 2.24) is 4.98 Å². The first kappa shape index (κ1) is 14.2. The van der Waals surface area contributed by atoms with Gasteiger partial charge in [0.2, 0.25) is 5.89 Å². The first-order valence-electron chi connectivity index (χ1n) is 7.58. The van der Waals surface area contributed by atoms with Crippen LogP contribution in [-0.4, -0.2) is 11.0 Å². The summed E-state index contributed by atoms with van der Waals surface area (Å²) in [4.78, 5) is 18.5. The second kappa shape index (κ2) is 6.01. The molecule has 0 saturated heterocycles. The lowest BCUT2D eigenvalue weighted by Gasteiger charge is -2.00. The van der Waals surface area contributed by atoms with Crippen LogP contribution in [0.1, 0.15) is 32.2 Å². The molecule has 0 radical (unpaired) electrons. The fraction of sp³-hybridized carbons (Fsp3) is 0.222. The summed E-state index contributed by atoms with van der Waals surface area (Å²) < 4.78 is 10.8. The summed E-state index contributed by atoms with van der Waals surface area (Å²) in [6, 6.07) is 11.6. The predicted molar refractivity (Wildman–Crippen MR) is 87.4 cm³/mol. The molecule has 1 aromatic carbocycles. The summed E-state index contributed by atoms with van der Waals surface area (Å²) in [7, 11) is 0. The van der Waals surface area contributed by atoms with Crippen LogP contribution >= 0.6 is 11.3 Å². The van der Waals surface area contributed by atoms with Crippen molar-refractivity contribution in [3.05, 3.63) is 63.7 Å². The number of esters is 1. The van der Waals surface area contributed by atoms with E-state index in [4.69, 9.17) is 9.15 Å². The fourth-order valence-electron chi connectivity index (χ4n) is 2.73. The first-order chi connectivity index (χ1) is 11.3. The zero-order chi connectivity index (χ0) is 15.6. The van der Waals surface area contributed by atoms with Crippen LogP contribution in [0.15, 0.2) is 47.1 Å². The lowest BCUT2D eigenvalue weighted by molar-refractivity contribution is 0.0473. The largest absolute Gasteiger partial charge is 0.455 e. The summed E-state index contributed by atoms with van der Waals surface area (Å²) in [6.07, 6.45) is 4.88. The molecule has 0 unspecified atom stereocenters. The normalized spacial score (nSPS) is 13.0. The Hall–Kier alpha value is -2.40. The van der Waals surface area contributed by atoms with Crippen LogP contribution in [-0.2, 0) is 24.2 Å². The molecule has 0 amide bonds.